The Hall–Kier alpha value is -2.70. The van der Waals surface area contributed by atoms with Gasteiger partial charge in [-0.15, -0.1) is 0 Å². The maximum atomic E-state index is 11.7. The van der Waals surface area contributed by atoms with E-state index in [9.17, 15) is 9.59 Å². The first kappa shape index (κ1) is 12.7. The van der Waals surface area contributed by atoms with Gasteiger partial charge >= 0.3 is 5.97 Å². The molecule has 7 heteroatoms. The fourth-order valence-corrected chi connectivity index (χ4v) is 1.40. The second-order valence-corrected chi connectivity index (χ2v) is 3.78. The predicted octanol–water partition coefficient (Wildman–Crippen LogP) is 1.01. The molecule has 2 heterocycles. The van der Waals surface area contributed by atoms with Crippen LogP contribution in [0.5, 0.6) is 0 Å². The molecule has 1 amide bonds. The van der Waals surface area contributed by atoms with Crippen LogP contribution in [0.2, 0.25) is 0 Å². The van der Waals surface area contributed by atoms with E-state index in [0.29, 0.717) is 11.7 Å². The van der Waals surface area contributed by atoms with Crippen LogP contribution < -0.4 is 5.32 Å². The summed E-state index contributed by atoms with van der Waals surface area (Å²) in [6, 6.07) is 2.67. The highest BCUT2D eigenvalue weighted by atomic mass is 16.4. The van der Waals surface area contributed by atoms with E-state index in [4.69, 9.17) is 9.52 Å². The summed E-state index contributed by atoms with van der Waals surface area (Å²) in [5, 5.41) is 11.3. The van der Waals surface area contributed by atoms with Gasteiger partial charge < -0.3 is 14.8 Å². The molecule has 7 nitrogen and oxygen atoms in total. The van der Waals surface area contributed by atoms with Gasteiger partial charge in [-0.2, -0.15) is 0 Å². The largest absolute Gasteiger partial charge is 0.477 e. The number of carboxylic acid groups (broad SMARTS) is 1. The van der Waals surface area contributed by atoms with Crippen LogP contribution in [0.15, 0.2) is 28.9 Å². The highest BCUT2D eigenvalue weighted by Crippen LogP contribution is 2.03. The summed E-state index contributed by atoms with van der Waals surface area (Å²) < 4.78 is 5.20. The van der Waals surface area contributed by atoms with Crippen LogP contribution in [0.25, 0.3) is 0 Å². The Labute approximate surface area is 108 Å². The summed E-state index contributed by atoms with van der Waals surface area (Å²) in [6.45, 7) is 1.92. The van der Waals surface area contributed by atoms with Crippen LogP contribution in [0.1, 0.15) is 32.5 Å². The molecule has 19 heavy (non-hydrogen) atoms. The monoisotopic (exact) mass is 261 g/mol. The molecule has 2 rings (SSSR count). The molecule has 2 N–H and O–H groups in total. The molecule has 0 aliphatic rings. The number of aromatic nitrogens is 2. The number of rotatable bonds is 4. The molecule has 0 radical (unpaired) electrons. The van der Waals surface area contributed by atoms with Crippen molar-refractivity contribution >= 4 is 11.9 Å². The standard InChI is InChI=1S/C12H11N3O4/c1-7-4-14-10(19-7)6-15-11(16)8-2-3-9(12(17)18)13-5-8/h2-5H,6H2,1H3,(H,15,16)(H,17,18). The molecule has 0 bridgehead atoms. The lowest BCUT2D eigenvalue weighted by Gasteiger charge is -2.02. The van der Waals surface area contributed by atoms with Gasteiger partial charge in [0.2, 0.25) is 5.89 Å². The number of nitrogens with zero attached hydrogens (tertiary/aromatic N) is 2. The van der Waals surface area contributed by atoms with Crippen molar-refractivity contribution in [2.24, 2.45) is 0 Å². The Bertz CT molecular complexity index is 604. The number of amides is 1. The summed E-state index contributed by atoms with van der Waals surface area (Å²) in [6.07, 6.45) is 2.77. The first-order valence-electron chi connectivity index (χ1n) is 5.45. The topological polar surface area (TPSA) is 105 Å². The normalized spacial score (nSPS) is 10.2. The van der Waals surface area contributed by atoms with E-state index in [1.54, 1.807) is 13.1 Å². The second-order valence-electron chi connectivity index (χ2n) is 3.78. The van der Waals surface area contributed by atoms with E-state index in [1.807, 2.05) is 0 Å². The number of carbonyl (C=O) groups is 2. The number of hydrogen-bond acceptors (Lipinski definition) is 5. The minimum Gasteiger partial charge on any atom is -0.477 e. The second kappa shape index (κ2) is 5.30. The molecule has 2 aromatic rings. The van der Waals surface area contributed by atoms with Crippen molar-refractivity contribution in [3.05, 3.63) is 47.4 Å². The molecule has 0 spiro atoms. The van der Waals surface area contributed by atoms with Crippen LogP contribution in [0, 0.1) is 6.92 Å². The fourth-order valence-electron chi connectivity index (χ4n) is 1.40. The van der Waals surface area contributed by atoms with Crippen molar-refractivity contribution in [3.8, 4) is 0 Å². The molecule has 0 saturated heterocycles. The molecular weight excluding hydrogens is 250 g/mol. The summed E-state index contributed by atoms with van der Waals surface area (Å²) in [5.41, 5.74) is 0.160. The number of aryl methyl sites for hydroxylation is 1. The average molecular weight is 261 g/mol. The zero-order chi connectivity index (χ0) is 13.8. The van der Waals surface area contributed by atoms with E-state index in [2.05, 4.69) is 15.3 Å². The fraction of sp³-hybridized carbons (Fsp3) is 0.167. The molecule has 98 valence electrons. The zero-order valence-corrected chi connectivity index (χ0v) is 10.1. The maximum absolute atomic E-state index is 11.7. The molecule has 0 fully saturated rings. The molecule has 0 aromatic carbocycles. The molecule has 0 unspecified atom stereocenters. The van der Waals surface area contributed by atoms with Crippen LogP contribution in [-0.2, 0) is 6.54 Å². The van der Waals surface area contributed by atoms with Gasteiger partial charge in [0, 0.05) is 6.20 Å². The van der Waals surface area contributed by atoms with Crippen LogP contribution in [0.3, 0.4) is 0 Å². The number of pyridine rings is 1. The third-order valence-corrected chi connectivity index (χ3v) is 2.31. The van der Waals surface area contributed by atoms with Gasteiger partial charge in [-0.25, -0.2) is 14.8 Å². The maximum Gasteiger partial charge on any atom is 0.354 e. The van der Waals surface area contributed by atoms with E-state index in [-0.39, 0.29) is 23.7 Å². The van der Waals surface area contributed by atoms with Crippen molar-refractivity contribution in [1.82, 2.24) is 15.3 Å². The predicted molar refractivity (Wildman–Crippen MR) is 63.6 cm³/mol. The van der Waals surface area contributed by atoms with Crippen molar-refractivity contribution < 1.29 is 19.1 Å². The minimum atomic E-state index is -1.14. The minimum absolute atomic E-state index is 0.111. The summed E-state index contributed by atoms with van der Waals surface area (Å²) >= 11 is 0. The van der Waals surface area contributed by atoms with Gasteiger partial charge in [0.05, 0.1) is 18.3 Å². The Balaban J connectivity index is 1.98. The molecule has 0 saturated carbocycles. The number of oxazole rings is 1. The Morgan fingerprint density at radius 2 is 2.11 bits per heavy atom. The van der Waals surface area contributed by atoms with Gasteiger partial charge in [0.1, 0.15) is 11.5 Å². The third-order valence-electron chi connectivity index (χ3n) is 2.31. The first-order chi connectivity index (χ1) is 9.06. The SMILES string of the molecule is Cc1cnc(CNC(=O)c2ccc(C(=O)O)nc2)o1. The molecule has 2 aromatic heterocycles. The summed E-state index contributed by atoms with van der Waals surface area (Å²) in [4.78, 5) is 30.0. The zero-order valence-electron chi connectivity index (χ0n) is 10.1. The molecule has 0 aliphatic heterocycles. The smallest absolute Gasteiger partial charge is 0.354 e. The van der Waals surface area contributed by atoms with E-state index < -0.39 is 5.97 Å². The van der Waals surface area contributed by atoms with Gasteiger partial charge in [0.25, 0.3) is 5.91 Å². The Morgan fingerprint density at radius 3 is 2.63 bits per heavy atom. The highest BCUT2D eigenvalue weighted by molar-refractivity contribution is 5.94. The third kappa shape index (κ3) is 3.15. The lowest BCUT2D eigenvalue weighted by atomic mass is 10.2. The highest BCUT2D eigenvalue weighted by Gasteiger charge is 2.10. The average Bonchev–Trinajstić information content (AvgIpc) is 2.82. The van der Waals surface area contributed by atoms with E-state index in [0.717, 1.165) is 0 Å². The Kier molecular flexibility index (Phi) is 3.56. The van der Waals surface area contributed by atoms with Gasteiger partial charge in [0.15, 0.2) is 0 Å². The van der Waals surface area contributed by atoms with Crippen LogP contribution >= 0.6 is 0 Å². The summed E-state index contributed by atoms with van der Waals surface area (Å²) in [5.74, 6) is -0.444. The van der Waals surface area contributed by atoms with Gasteiger partial charge in [-0.1, -0.05) is 0 Å². The number of carboxylic acids is 1. The van der Waals surface area contributed by atoms with Crippen LogP contribution in [0.4, 0.5) is 0 Å². The number of aromatic carboxylic acids is 1. The van der Waals surface area contributed by atoms with Gasteiger partial charge in [-0.05, 0) is 19.1 Å². The number of nitrogens with one attached hydrogen (secondary N) is 1. The van der Waals surface area contributed by atoms with Crippen molar-refractivity contribution in [2.45, 2.75) is 13.5 Å². The van der Waals surface area contributed by atoms with Gasteiger partial charge in [-0.3, -0.25) is 4.79 Å². The summed E-state index contributed by atoms with van der Waals surface area (Å²) in [7, 11) is 0. The van der Waals surface area contributed by atoms with Crippen molar-refractivity contribution in [2.75, 3.05) is 0 Å². The lowest BCUT2D eigenvalue weighted by molar-refractivity contribution is 0.0689. The van der Waals surface area contributed by atoms with E-state index >= 15 is 0 Å². The molecular formula is C12H11N3O4. The van der Waals surface area contributed by atoms with Crippen LogP contribution in [-0.4, -0.2) is 27.0 Å². The molecule has 0 atom stereocenters. The first-order valence-corrected chi connectivity index (χ1v) is 5.45. The number of hydrogen-bond donors (Lipinski definition) is 2. The quantitative estimate of drug-likeness (QED) is 0.850. The number of carbonyl (C=O) groups excluding carboxylic acids is 1. The molecule has 0 aliphatic carbocycles. The van der Waals surface area contributed by atoms with Crippen molar-refractivity contribution in [3.63, 3.8) is 0 Å². The Morgan fingerprint density at radius 1 is 1.32 bits per heavy atom. The van der Waals surface area contributed by atoms with Crippen molar-refractivity contribution in [1.29, 1.82) is 0 Å². The lowest BCUT2D eigenvalue weighted by Crippen LogP contribution is -2.23. The van der Waals surface area contributed by atoms with E-state index in [1.165, 1.54) is 18.3 Å².